The maximum absolute atomic E-state index is 11.9. The summed E-state index contributed by atoms with van der Waals surface area (Å²) in [5.74, 6) is 0.259. The number of nitrogens with two attached hydrogens (primary N) is 1. The van der Waals surface area contributed by atoms with E-state index >= 15 is 0 Å². The largest absolute Gasteiger partial charge is 0.383 e. The lowest BCUT2D eigenvalue weighted by Crippen LogP contribution is -2.12. The van der Waals surface area contributed by atoms with E-state index in [1.807, 2.05) is 48.5 Å². The molecule has 0 spiro atoms. The number of hydrogen-bond acceptors (Lipinski definition) is 4. The highest BCUT2D eigenvalue weighted by molar-refractivity contribution is 6.00. The number of fused-ring (bicyclic) bond motifs is 2. The summed E-state index contributed by atoms with van der Waals surface area (Å²) in [5.41, 5.74) is 12.7. The van der Waals surface area contributed by atoms with E-state index in [0.29, 0.717) is 35.7 Å². The van der Waals surface area contributed by atoms with E-state index in [2.05, 4.69) is 15.6 Å². The van der Waals surface area contributed by atoms with Crippen LogP contribution in [0.5, 0.6) is 0 Å². The monoisotopic (exact) mass is 356 g/mol. The third-order valence-electron chi connectivity index (χ3n) is 5.12. The molecule has 27 heavy (non-hydrogen) atoms. The molecule has 1 aromatic heterocycles. The number of nitrogens with one attached hydrogen (secondary N) is 2. The van der Waals surface area contributed by atoms with Crippen LogP contribution in [-0.2, 0) is 13.1 Å². The number of nitrogens with zero attached hydrogens (tertiary/aromatic N) is 1. The van der Waals surface area contributed by atoms with Crippen molar-refractivity contribution in [1.82, 2.24) is 15.6 Å². The standard InChI is InChI=1S/C21H16N4O2/c22-19-15(11-1-3-13-9-23-20(26)16(13)7-11)5-6-18(25-19)12-2-4-14-10-24-21(27)17(14)8-12/h1-8H,9-10H2,(H2,22,25)(H,23,26)(H,24,27). The molecule has 0 unspecified atom stereocenters. The van der Waals surface area contributed by atoms with Gasteiger partial charge < -0.3 is 16.4 Å². The van der Waals surface area contributed by atoms with Crippen molar-refractivity contribution in [3.63, 3.8) is 0 Å². The van der Waals surface area contributed by atoms with E-state index in [4.69, 9.17) is 5.73 Å². The first-order chi connectivity index (χ1) is 13.1. The number of anilines is 1. The van der Waals surface area contributed by atoms with Crippen molar-refractivity contribution < 1.29 is 9.59 Å². The molecule has 4 N–H and O–H groups in total. The van der Waals surface area contributed by atoms with Crippen molar-refractivity contribution >= 4 is 17.6 Å². The molecule has 0 saturated heterocycles. The molecular formula is C21H16N4O2. The topological polar surface area (TPSA) is 97.1 Å². The first-order valence-corrected chi connectivity index (χ1v) is 8.70. The quantitative estimate of drug-likeness (QED) is 0.657. The molecule has 6 heteroatoms. The molecule has 2 aromatic carbocycles. The van der Waals surface area contributed by atoms with E-state index in [1.54, 1.807) is 0 Å². The number of carbonyl (C=O) groups excluding carboxylic acids is 2. The van der Waals surface area contributed by atoms with Crippen molar-refractivity contribution in [3.8, 4) is 22.4 Å². The van der Waals surface area contributed by atoms with Crippen molar-refractivity contribution in [2.24, 2.45) is 0 Å². The Kier molecular flexibility index (Phi) is 3.27. The minimum absolute atomic E-state index is 0.0622. The number of pyridine rings is 1. The van der Waals surface area contributed by atoms with Gasteiger partial charge in [0.2, 0.25) is 0 Å². The first kappa shape index (κ1) is 15.6. The molecule has 6 nitrogen and oxygen atoms in total. The molecule has 0 radical (unpaired) electrons. The molecule has 0 fully saturated rings. The van der Waals surface area contributed by atoms with Gasteiger partial charge in [0, 0.05) is 35.3 Å². The molecule has 2 amide bonds. The molecule has 5 rings (SSSR count). The fraction of sp³-hybridized carbons (Fsp3) is 0.0952. The van der Waals surface area contributed by atoms with E-state index in [-0.39, 0.29) is 11.8 Å². The average Bonchev–Trinajstić information content (AvgIpc) is 3.24. The highest BCUT2D eigenvalue weighted by Gasteiger charge is 2.21. The van der Waals surface area contributed by atoms with Gasteiger partial charge in [-0.1, -0.05) is 24.3 Å². The average molecular weight is 356 g/mol. The molecule has 3 aromatic rings. The fourth-order valence-electron chi connectivity index (χ4n) is 3.63. The summed E-state index contributed by atoms with van der Waals surface area (Å²) in [4.78, 5) is 28.3. The van der Waals surface area contributed by atoms with Crippen LogP contribution in [0.1, 0.15) is 31.8 Å². The normalized spacial score (nSPS) is 14.5. The second-order valence-electron chi connectivity index (χ2n) is 6.74. The lowest BCUT2D eigenvalue weighted by atomic mass is 9.99. The molecule has 0 atom stereocenters. The van der Waals surface area contributed by atoms with E-state index in [9.17, 15) is 9.59 Å². The number of hydrogen-bond donors (Lipinski definition) is 3. The van der Waals surface area contributed by atoms with E-state index in [1.165, 1.54) is 0 Å². The van der Waals surface area contributed by atoms with Gasteiger partial charge in [-0.15, -0.1) is 0 Å². The zero-order valence-corrected chi connectivity index (χ0v) is 14.4. The number of aromatic nitrogens is 1. The van der Waals surface area contributed by atoms with Crippen LogP contribution < -0.4 is 16.4 Å². The predicted molar refractivity (Wildman–Crippen MR) is 102 cm³/mol. The zero-order chi connectivity index (χ0) is 18.5. The second kappa shape index (κ2) is 5.67. The van der Waals surface area contributed by atoms with Gasteiger partial charge in [-0.3, -0.25) is 9.59 Å². The van der Waals surface area contributed by atoms with Gasteiger partial charge in [0.15, 0.2) is 0 Å². The summed E-state index contributed by atoms with van der Waals surface area (Å²) in [7, 11) is 0. The smallest absolute Gasteiger partial charge is 0.251 e. The maximum Gasteiger partial charge on any atom is 0.251 e. The van der Waals surface area contributed by atoms with Gasteiger partial charge in [-0.25, -0.2) is 4.98 Å². The van der Waals surface area contributed by atoms with Crippen LogP contribution in [0.4, 0.5) is 5.82 Å². The summed E-state index contributed by atoms with van der Waals surface area (Å²) in [6.07, 6.45) is 0. The van der Waals surface area contributed by atoms with Gasteiger partial charge in [0.05, 0.1) is 5.69 Å². The van der Waals surface area contributed by atoms with Crippen LogP contribution in [-0.4, -0.2) is 16.8 Å². The number of carbonyl (C=O) groups is 2. The summed E-state index contributed by atoms with van der Waals surface area (Å²) >= 11 is 0. The van der Waals surface area contributed by atoms with Gasteiger partial charge in [0.1, 0.15) is 5.82 Å². The maximum atomic E-state index is 11.9. The predicted octanol–water partition coefficient (Wildman–Crippen LogP) is 2.48. The summed E-state index contributed by atoms with van der Waals surface area (Å²) < 4.78 is 0. The molecule has 0 aliphatic carbocycles. The van der Waals surface area contributed by atoms with Gasteiger partial charge in [-0.05, 0) is 41.0 Å². The molecular weight excluding hydrogens is 340 g/mol. The van der Waals surface area contributed by atoms with Crippen LogP contribution in [0.25, 0.3) is 22.4 Å². The minimum Gasteiger partial charge on any atom is -0.383 e. The highest BCUT2D eigenvalue weighted by atomic mass is 16.2. The van der Waals surface area contributed by atoms with Crippen molar-refractivity contribution in [2.75, 3.05) is 5.73 Å². The van der Waals surface area contributed by atoms with Crippen molar-refractivity contribution in [3.05, 3.63) is 70.8 Å². The zero-order valence-electron chi connectivity index (χ0n) is 14.4. The van der Waals surface area contributed by atoms with Gasteiger partial charge in [0.25, 0.3) is 11.8 Å². The summed E-state index contributed by atoms with van der Waals surface area (Å²) in [5, 5.41) is 5.63. The second-order valence-corrected chi connectivity index (χ2v) is 6.74. The SMILES string of the molecule is Nc1nc(-c2ccc3c(c2)C(=O)NC3)ccc1-c1ccc2c(c1)C(=O)NC2. The third kappa shape index (κ3) is 2.45. The van der Waals surface area contributed by atoms with Gasteiger partial charge >= 0.3 is 0 Å². The Morgan fingerprint density at radius 2 is 1.33 bits per heavy atom. The van der Waals surface area contributed by atoms with E-state index < -0.39 is 0 Å². The Morgan fingerprint density at radius 1 is 0.741 bits per heavy atom. The summed E-state index contributed by atoms with van der Waals surface area (Å²) in [6.45, 7) is 1.13. The van der Waals surface area contributed by atoms with Crippen LogP contribution in [0.15, 0.2) is 48.5 Å². The van der Waals surface area contributed by atoms with E-state index in [0.717, 1.165) is 27.8 Å². The first-order valence-electron chi connectivity index (χ1n) is 8.70. The third-order valence-corrected chi connectivity index (χ3v) is 5.12. The van der Waals surface area contributed by atoms with Crippen molar-refractivity contribution in [1.29, 1.82) is 0 Å². The molecule has 132 valence electrons. The Bertz CT molecular complexity index is 1140. The lowest BCUT2D eigenvalue weighted by molar-refractivity contribution is 0.0957. The minimum atomic E-state index is -0.0635. The Labute approximate surface area is 155 Å². The van der Waals surface area contributed by atoms with Gasteiger partial charge in [-0.2, -0.15) is 0 Å². The molecule has 0 bridgehead atoms. The number of rotatable bonds is 2. The molecule has 0 saturated carbocycles. The molecule has 3 heterocycles. The number of nitrogen functional groups attached to an aromatic ring is 1. The van der Waals surface area contributed by atoms with Crippen molar-refractivity contribution in [2.45, 2.75) is 13.1 Å². The lowest BCUT2D eigenvalue weighted by Gasteiger charge is -2.10. The molecule has 2 aliphatic rings. The fourth-order valence-corrected chi connectivity index (χ4v) is 3.63. The highest BCUT2D eigenvalue weighted by Crippen LogP contribution is 2.31. The van der Waals surface area contributed by atoms with Crippen LogP contribution >= 0.6 is 0 Å². The number of amides is 2. The Morgan fingerprint density at radius 3 is 1.96 bits per heavy atom. The number of benzene rings is 2. The van der Waals surface area contributed by atoms with Crippen LogP contribution in [0.3, 0.4) is 0 Å². The Balaban J connectivity index is 1.54. The Hall–Kier alpha value is -3.67. The van der Waals surface area contributed by atoms with Crippen LogP contribution in [0.2, 0.25) is 0 Å². The van der Waals surface area contributed by atoms with Crippen LogP contribution in [0, 0.1) is 0 Å². The molecule has 2 aliphatic heterocycles. The summed E-state index contributed by atoms with van der Waals surface area (Å²) in [6, 6.07) is 15.3.